The van der Waals surface area contributed by atoms with E-state index in [-0.39, 0.29) is 24.9 Å². The van der Waals surface area contributed by atoms with Gasteiger partial charge >= 0.3 is 11.9 Å². The number of aliphatic hydroxyl groups is 1. The van der Waals surface area contributed by atoms with E-state index in [4.69, 9.17) is 0 Å². The summed E-state index contributed by atoms with van der Waals surface area (Å²) < 4.78 is 53.1. The van der Waals surface area contributed by atoms with Crippen LogP contribution in [0.15, 0.2) is 41.2 Å². The van der Waals surface area contributed by atoms with Gasteiger partial charge in [0.25, 0.3) is 0 Å². The van der Waals surface area contributed by atoms with E-state index >= 15 is 0 Å². The molecular formula is C22H20F4N4O2S. The first kappa shape index (κ1) is 23.1. The van der Waals surface area contributed by atoms with Crippen molar-refractivity contribution in [1.29, 1.82) is 0 Å². The number of aryl methyl sites for hydroxylation is 2. The Balaban J connectivity index is 1.55. The van der Waals surface area contributed by atoms with Gasteiger partial charge in [0, 0.05) is 11.4 Å². The molecule has 174 valence electrons. The number of β-amino-alcohol motifs (C(OH)–C–C–N with tert-alkyl or cyclic N) is 1. The van der Waals surface area contributed by atoms with Crippen molar-refractivity contribution >= 4 is 22.9 Å². The lowest BCUT2D eigenvalue weighted by molar-refractivity contribution is -0.134. The first-order chi connectivity index (χ1) is 15.5. The molecule has 11 heteroatoms. The minimum atomic E-state index is -4.43. The molecule has 1 aliphatic heterocycles. The van der Waals surface area contributed by atoms with Gasteiger partial charge in [0.05, 0.1) is 19.2 Å². The van der Waals surface area contributed by atoms with Crippen LogP contribution in [-0.2, 0) is 12.7 Å². The predicted molar refractivity (Wildman–Crippen MR) is 117 cm³/mol. The number of aromatic nitrogens is 3. The van der Waals surface area contributed by atoms with Crippen LogP contribution in [0.2, 0.25) is 0 Å². The van der Waals surface area contributed by atoms with Crippen molar-refractivity contribution < 1.29 is 22.7 Å². The number of alkyl halides is 3. The van der Waals surface area contributed by atoms with Gasteiger partial charge in [-0.2, -0.15) is 23.1 Å². The molecule has 1 atom stereocenters. The molecule has 3 aromatic rings. The minimum absolute atomic E-state index is 0.0672. The Hall–Kier alpha value is -3.05. The monoisotopic (exact) mass is 480 g/mol. The molecule has 0 amide bonds. The van der Waals surface area contributed by atoms with Crippen molar-refractivity contribution in [3.05, 3.63) is 79.4 Å². The maximum Gasteiger partial charge on any atom is 0.425 e. The van der Waals surface area contributed by atoms with Gasteiger partial charge in [-0.25, -0.2) is 9.18 Å². The first-order valence-corrected chi connectivity index (χ1v) is 10.9. The number of halogens is 4. The van der Waals surface area contributed by atoms with Gasteiger partial charge in [-0.1, -0.05) is 12.1 Å². The third-order valence-corrected chi connectivity index (χ3v) is 6.52. The van der Waals surface area contributed by atoms with Crippen molar-refractivity contribution in [1.82, 2.24) is 14.5 Å². The topological polar surface area (TPSA) is 71.2 Å². The summed E-state index contributed by atoms with van der Waals surface area (Å²) in [6, 6.07) is 6.66. The van der Waals surface area contributed by atoms with E-state index < -0.39 is 22.8 Å². The normalized spacial score (nSPS) is 16.8. The second kappa shape index (κ2) is 8.71. The Bertz CT molecular complexity index is 1280. The molecule has 2 aromatic heterocycles. The van der Waals surface area contributed by atoms with Crippen LogP contribution in [0.1, 0.15) is 26.7 Å². The Kier molecular flexibility index (Phi) is 6.10. The zero-order valence-corrected chi connectivity index (χ0v) is 18.5. The van der Waals surface area contributed by atoms with Crippen molar-refractivity contribution in [2.75, 3.05) is 18.0 Å². The van der Waals surface area contributed by atoms with E-state index in [9.17, 15) is 27.5 Å². The van der Waals surface area contributed by atoms with E-state index in [2.05, 4.69) is 9.97 Å². The first-order valence-electron chi connectivity index (χ1n) is 10.0. The molecule has 1 N–H and O–H groups in total. The van der Waals surface area contributed by atoms with E-state index in [0.717, 1.165) is 11.6 Å². The summed E-state index contributed by atoms with van der Waals surface area (Å²) in [7, 11) is 0. The second-order valence-corrected chi connectivity index (χ2v) is 8.91. The molecule has 1 unspecified atom stereocenters. The molecule has 0 aliphatic carbocycles. The van der Waals surface area contributed by atoms with Crippen LogP contribution in [0.4, 0.5) is 23.5 Å². The van der Waals surface area contributed by atoms with Crippen LogP contribution in [-0.4, -0.2) is 38.8 Å². The largest absolute Gasteiger partial charge is 0.425 e. The van der Waals surface area contributed by atoms with Crippen molar-refractivity contribution in [2.45, 2.75) is 32.7 Å². The number of nitrogens with zero attached hydrogens (tertiary/aromatic N) is 4. The highest BCUT2D eigenvalue weighted by molar-refractivity contribution is 7.12. The maximum atomic E-state index is 13.4. The van der Waals surface area contributed by atoms with Gasteiger partial charge < -0.3 is 10.0 Å². The molecule has 1 aromatic carbocycles. The fourth-order valence-corrected chi connectivity index (χ4v) is 4.60. The summed E-state index contributed by atoms with van der Waals surface area (Å²) in [6.45, 7) is 3.73. The van der Waals surface area contributed by atoms with Crippen LogP contribution < -0.4 is 10.6 Å². The Morgan fingerprint density at radius 2 is 1.94 bits per heavy atom. The number of aliphatic hydroxyl groups excluding tert-OH is 1. The van der Waals surface area contributed by atoms with E-state index in [0.29, 0.717) is 39.7 Å². The molecule has 1 aliphatic rings. The summed E-state index contributed by atoms with van der Waals surface area (Å²) in [5.74, 6) is 0.0667. The zero-order valence-electron chi connectivity index (χ0n) is 17.7. The maximum absolute atomic E-state index is 13.4. The van der Waals surface area contributed by atoms with E-state index in [1.54, 1.807) is 30.9 Å². The van der Waals surface area contributed by atoms with Crippen molar-refractivity contribution in [3.8, 4) is 0 Å². The SMILES string of the molecule is Cc1cc(F)ccc1C1=CCN(c2nc(C)n(Cc3ccc(C(F)(F)F)s3)c(=O)n2)CC1O. The smallest absolute Gasteiger partial charge is 0.387 e. The van der Waals surface area contributed by atoms with Gasteiger partial charge in [0.1, 0.15) is 16.5 Å². The number of benzene rings is 1. The number of thiophene rings is 1. The van der Waals surface area contributed by atoms with Crippen molar-refractivity contribution in [2.24, 2.45) is 0 Å². The van der Waals surface area contributed by atoms with Gasteiger partial charge in [-0.15, -0.1) is 11.3 Å². The Morgan fingerprint density at radius 1 is 1.18 bits per heavy atom. The molecule has 3 heterocycles. The average Bonchev–Trinajstić information content (AvgIpc) is 3.20. The highest BCUT2D eigenvalue weighted by Gasteiger charge is 2.32. The van der Waals surface area contributed by atoms with E-state index in [1.165, 1.54) is 22.8 Å². The molecule has 0 bridgehead atoms. The fourth-order valence-electron chi connectivity index (χ4n) is 3.74. The molecule has 6 nitrogen and oxygen atoms in total. The lowest BCUT2D eigenvalue weighted by atomic mass is 9.93. The lowest BCUT2D eigenvalue weighted by Gasteiger charge is -2.31. The van der Waals surface area contributed by atoms with E-state index in [1.807, 2.05) is 0 Å². The molecule has 0 radical (unpaired) electrons. The molecule has 0 saturated carbocycles. The Labute approximate surface area is 190 Å². The second-order valence-electron chi connectivity index (χ2n) is 7.74. The zero-order chi connectivity index (χ0) is 23.9. The van der Waals surface area contributed by atoms with Crippen LogP contribution in [0.3, 0.4) is 0 Å². The molecular weight excluding hydrogens is 460 g/mol. The molecule has 0 spiro atoms. The van der Waals surface area contributed by atoms with Gasteiger partial charge in [-0.05, 0) is 54.8 Å². The molecule has 33 heavy (non-hydrogen) atoms. The highest BCUT2D eigenvalue weighted by Crippen LogP contribution is 2.35. The standard InChI is InChI=1S/C22H20F4N4O2S/c1-12-9-14(23)3-5-16(12)17-7-8-29(11-18(17)31)20-27-13(2)30(21(32)28-20)10-15-4-6-19(33-15)22(24,25)26/h3-7,9,18,31H,8,10-11H2,1-2H3. The molecule has 0 saturated heterocycles. The van der Waals surface area contributed by atoms with Crippen LogP contribution in [0.5, 0.6) is 0 Å². The minimum Gasteiger partial charge on any atom is -0.387 e. The lowest BCUT2D eigenvalue weighted by Crippen LogP contribution is -2.40. The third kappa shape index (κ3) is 4.83. The van der Waals surface area contributed by atoms with Crippen molar-refractivity contribution in [3.63, 3.8) is 0 Å². The fraction of sp³-hybridized carbons (Fsp3) is 0.318. The summed E-state index contributed by atoms with van der Waals surface area (Å²) >= 11 is 0.570. The third-order valence-electron chi connectivity index (χ3n) is 5.40. The average molecular weight is 480 g/mol. The van der Waals surface area contributed by atoms with Crippen LogP contribution in [0, 0.1) is 19.7 Å². The summed E-state index contributed by atoms with van der Waals surface area (Å²) in [5.41, 5.74) is 1.46. The van der Waals surface area contributed by atoms with Gasteiger partial charge in [0.2, 0.25) is 5.95 Å². The summed E-state index contributed by atoms with van der Waals surface area (Å²) in [5, 5.41) is 10.7. The summed E-state index contributed by atoms with van der Waals surface area (Å²) in [6.07, 6.45) is -3.55. The number of rotatable bonds is 4. The van der Waals surface area contributed by atoms with Crippen LogP contribution in [0.25, 0.3) is 5.57 Å². The van der Waals surface area contributed by atoms with Crippen LogP contribution >= 0.6 is 11.3 Å². The quantitative estimate of drug-likeness (QED) is 0.576. The predicted octanol–water partition coefficient (Wildman–Crippen LogP) is 3.79. The number of hydrogen-bond acceptors (Lipinski definition) is 6. The number of anilines is 1. The number of hydrogen-bond donors (Lipinski definition) is 1. The van der Waals surface area contributed by atoms with Gasteiger partial charge in [0.15, 0.2) is 0 Å². The summed E-state index contributed by atoms with van der Waals surface area (Å²) in [4.78, 5) is 22.2. The Morgan fingerprint density at radius 3 is 2.55 bits per heavy atom. The molecule has 0 fully saturated rings. The van der Waals surface area contributed by atoms with Gasteiger partial charge in [-0.3, -0.25) is 4.57 Å². The highest BCUT2D eigenvalue weighted by atomic mass is 32.1. The molecule has 4 rings (SSSR count).